The number of carbonyl (C=O) groups is 1. The van der Waals surface area contributed by atoms with Gasteiger partial charge in [-0.2, -0.15) is 0 Å². The highest BCUT2D eigenvalue weighted by Crippen LogP contribution is 2.36. The molecule has 4 atom stereocenters. The molecule has 0 bridgehead atoms. The van der Waals surface area contributed by atoms with Crippen molar-refractivity contribution in [3.05, 3.63) is 0 Å². The Morgan fingerprint density at radius 3 is 2.93 bits per heavy atom. The number of nitrogens with two attached hydrogens (primary N) is 1. The molecule has 2 fully saturated rings. The Morgan fingerprint density at radius 2 is 2.20 bits per heavy atom. The van der Waals surface area contributed by atoms with Crippen molar-refractivity contribution in [2.75, 3.05) is 6.54 Å². The Bertz CT molecular complexity index is 245. The van der Waals surface area contributed by atoms with E-state index in [-0.39, 0.29) is 0 Å². The van der Waals surface area contributed by atoms with E-state index in [2.05, 4.69) is 5.32 Å². The second-order valence-corrected chi connectivity index (χ2v) is 4.90. The second kappa shape index (κ2) is 4.49. The van der Waals surface area contributed by atoms with E-state index in [1.165, 1.54) is 25.7 Å². The van der Waals surface area contributed by atoms with Crippen molar-refractivity contribution in [2.45, 2.75) is 44.2 Å². The first-order valence-electron chi connectivity index (χ1n) is 5.90. The maximum Gasteiger partial charge on any atom is 0.320 e. The SMILES string of the molecule is N[C@@H](CC1CNC2CCCCC12)C(=O)O. The van der Waals surface area contributed by atoms with Crippen LogP contribution in [-0.4, -0.2) is 29.7 Å². The van der Waals surface area contributed by atoms with Crippen LogP contribution in [0.25, 0.3) is 0 Å². The zero-order chi connectivity index (χ0) is 10.8. The van der Waals surface area contributed by atoms with Gasteiger partial charge in [0, 0.05) is 6.04 Å². The van der Waals surface area contributed by atoms with Crippen molar-refractivity contribution in [3.63, 3.8) is 0 Å². The molecule has 86 valence electrons. The van der Waals surface area contributed by atoms with Gasteiger partial charge in [-0.05, 0) is 37.6 Å². The van der Waals surface area contributed by atoms with Gasteiger partial charge >= 0.3 is 5.97 Å². The van der Waals surface area contributed by atoms with E-state index in [1.807, 2.05) is 0 Å². The maximum absolute atomic E-state index is 10.7. The number of fused-ring (bicyclic) bond motifs is 1. The zero-order valence-electron chi connectivity index (χ0n) is 8.98. The van der Waals surface area contributed by atoms with Crippen LogP contribution in [0.2, 0.25) is 0 Å². The number of aliphatic carboxylic acids is 1. The number of hydrogen-bond donors (Lipinski definition) is 3. The van der Waals surface area contributed by atoms with Gasteiger partial charge in [0.1, 0.15) is 6.04 Å². The topological polar surface area (TPSA) is 75.3 Å². The first-order valence-corrected chi connectivity index (χ1v) is 5.90. The summed E-state index contributed by atoms with van der Waals surface area (Å²) in [6.45, 7) is 0.955. The summed E-state index contributed by atoms with van der Waals surface area (Å²) < 4.78 is 0. The molecule has 0 aromatic carbocycles. The van der Waals surface area contributed by atoms with Crippen LogP contribution < -0.4 is 11.1 Å². The molecule has 1 heterocycles. The molecule has 1 aliphatic carbocycles. The predicted octanol–water partition coefficient (Wildman–Crippen LogP) is 0.567. The number of carboxylic acids is 1. The van der Waals surface area contributed by atoms with E-state index >= 15 is 0 Å². The Balaban J connectivity index is 1.90. The summed E-state index contributed by atoms with van der Waals surface area (Å²) in [6.07, 6.45) is 5.73. The minimum absolute atomic E-state index is 0.474. The third-order valence-corrected chi connectivity index (χ3v) is 3.94. The molecule has 4 heteroatoms. The Labute approximate surface area is 90.2 Å². The van der Waals surface area contributed by atoms with Crippen LogP contribution in [0.3, 0.4) is 0 Å². The molecule has 15 heavy (non-hydrogen) atoms. The van der Waals surface area contributed by atoms with Crippen LogP contribution in [0.15, 0.2) is 0 Å². The summed E-state index contributed by atoms with van der Waals surface area (Å²) in [5, 5.41) is 12.3. The number of rotatable bonds is 3. The van der Waals surface area contributed by atoms with Gasteiger partial charge in [0.15, 0.2) is 0 Å². The summed E-state index contributed by atoms with van der Waals surface area (Å²) in [5.41, 5.74) is 5.59. The summed E-state index contributed by atoms with van der Waals surface area (Å²) in [7, 11) is 0. The lowest BCUT2D eigenvalue weighted by Crippen LogP contribution is -2.35. The van der Waals surface area contributed by atoms with E-state index in [0.29, 0.717) is 24.3 Å². The van der Waals surface area contributed by atoms with Gasteiger partial charge in [-0.15, -0.1) is 0 Å². The van der Waals surface area contributed by atoms with Gasteiger partial charge in [-0.3, -0.25) is 4.79 Å². The molecule has 0 radical (unpaired) electrons. The first-order chi connectivity index (χ1) is 7.18. The summed E-state index contributed by atoms with van der Waals surface area (Å²) in [4.78, 5) is 10.7. The summed E-state index contributed by atoms with van der Waals surface area (Å²) in [6, 6.07) is -0.0535. The predicted molar refractivity (Wildman–Crippen MR) is 57.5 cm³/mol. The van der Waals surface area contributed by atoms with Crippen molar-refractivity contribution in [1.29, 1.82) is 0 Å². The lowest BCUT2D eigenvalue weighted by atomic mass is 9.78. The van der Waals surface area contributed by atoms with Gasteiger partial charge in [-0.25, -0.2) is 0 Å². The Kier molecular flexibility index (Phi) is 3.26. The van der Waals surface area contributed by atoms with E-state index in [9.17, 15) is 4.79 Å². The van der Waals surface area contributed by atoms with Crippen LogP contribution >= 0.6 is 0 Å². The van der Waals surface area contributed by atoms with E-state index in [0.717, 1.165) is 6.54 Å². The molecule has 2 aliphatic rings. The average Bonchev–Trinajstić information content (AvgIpc) is 2.62. The summed E-state index contributed by atoms with van der Waals surface area (Å²) >= 11 is 0. The van der Waals surface area contributed by atoms with Crippen LogP contribution in [-0.2, 0) is 4.79 Å². The van der Waals surface area contributed by atoms with Crippen LogP contribution in [0, 0.1) is 11.8 Å². The second-order valence-electron chi connectivity index (χ2n) is 4.90. The molecule has 0 spiro atoms. The number of nitrogens with one attached hydrogen (secondary N) is 1. The molecule has 0 amide bonds. The van der Waals surface area contributed by atoms with Gasteiger partial charge in [-0.1, -0.05) is 12.8 Å². The molecule has 0 aromatic rings. The molecule has 0 aromatic heterocycles. The van der Waals surface area contributed by atoms with Gasteiger partial charge < -0.3 is 16.2 Å². The van der Waals surface area contributed by atoms with Crippen LogP contribution in [0.4, 0.5) is 0 Å². The van der Waals surface area contributed by atoms with Crippen LogP contribution in [0.5, 0.6) is 0 Å². The molecule has 1 saturated heterocycles. The highest BCUT2D eigenvalue weighted by molar-refractivity contribution is 5.73. The zero-order valence-corrected chi connectivity index (χ0v) is 8.98. The third kappa shape index (κ3) is 2.32. The van der Waals surface area contributed by atoms with E-state index in [4.69, 9.17) is 10.8 Å². The van der Waals surface area contributed by atoms with Crippen molar-refractivity contribution >= 4 is 5.97 Å². The fraction of sp³-hybridized carbons (Fsp3) is 0.909. The van der Waals surface area contributed by atoms with Crippen molar-refractivity contribution < 1.29 is 9.90 Å². The average molecular weight is 212 g/mol. The normalized spacial score (nSPS) is 37.3. The van der Waals surface area contributed by atoms with Gasteiger partial charge in [0.2, 0.25) is 0 Å². The summed E-state index contributed by atoms with van der Waals surface area (Å²) in [5.74, 6) is 0.278. The molecular formula is C11H20N2O2. The largest absolute Gasteiger partial charge is 0.480 e. The van der Waals surface area contributed by atoms with Crippen molar-refractivity contribution in [1.82, 2.24) is 5.32 Å². The lowest BCUT2D eigenvalue weighted by molar-refractivity contribution is -0.139. The quantitative estimate of drug-likeness (QED) is 0.639. The molecule has 4 N–H and O–H groups in total. The van der Waals surface area contributed by atoms with Crippen LogP contribution in [0.1, 0.15) is 32.1 Å². The maximum atomic E-state index is 10.7. The minimum Gasteiger partial charge on any atom is -0.480 e. The monoisotopic (exact) mass is 212 g/mol. The molecule has 1 aliphatic heterocycles. The minimum atomic E-state index is -0.866. The fourth-order valence-electron chi connectivity index (χ4n) is 3.12. The molecular weight excluding hydrogens is 192 g/mol. The standard InChI is InChI=1S/C11H20N2O2/c12-9(11(14)15)5-7-6-13-10-4-2-1-3-8(7)10/h7-10,13H,1-6,12H2,(H,14,15)/t7?,8?,9-,10?/m0/s1. The van der Waals surface area contributed by atoms with Crippen molar-refractivity contribution in [3.8, 4) is 0 Å². The fourth-order valence-corrected chi connectivity index (χ4v) is 3.12. The van der Waals surface area contributed by atoms with Crippen molar-refractivity contribution in [2.24, 2.45) is 17.6 Å². The van der Waals surface area contributed by atoms with Gasteiger partial charge in [0.25, 0.3) is 0 Å². The number of carboxylic acid groups (broad SMARTS) is 1. The Morgan fingerprint density at radius 1 is 1.47 bits per heavy atom. The molecule has 2 rings (SSSR count). The smallest absolute Gasteiger partial charge is 0.320 e. The van der Waals surface area contributed by atoms with E-state index in [1.54, 1.807) is 0 Å². The first kappa shape index (κ1) is 10.9. The lowest BCUT2D eigenvalue weighted by Gasteiger charge is -2.29. The molecule has 3 unspecified atom stereocenters. The number of hydrogen-bond acceptors (Lipinski definition) is 3. The van der Waals surface area contributed by atoms with E-state index < -0.39 is 12.0 Å². The molecule has 1 saturated carbocycles. The highest BCUT2D eigenvalue weighted by Gasteiger charge is 2.38. The third-order valence-electron chi connectivity index (χ3n) is 3.94. The molecule has 4 nitrogen and oxygen atoms in total. The highest BCUT2D eigenvalue weighted by atomic mass is 16.4. The van der Waals surface area contributed by atoms with Gasteiger partial charge in [0.05, 0.1) is 0 Å². The Hall–Kier alpha value is -0.610.